The van der Waals surface area contributed by atoms with Crippen LogP contribution in [0.1, 0.15) is 24.3 Å². The molecular formula is C17H17Br2NO. The van der Waals surface area contributed by atoms with Crippen LogP contribution >= 0.6 is 31.9 Å². The van der Waals surface area contributed by atoms with Gasteiger partial charge in [-0.3, -0.25) is 0 Å². The van der Waals surface area contributed by atoms with Crippen molar-refractivity contribution in [2.24, 2.45) is 0 Å². The second-order valence-electron chi connectivity index (χ2n) is 5.38. The van der Waals surface area contributed by atoms with Gasteiger partial charge in [0, 0.05) is 22.3 Å². The van der Waals surface area contributed by atoms with Crippen LogP contribution in [0.4, 0.5) is 5.69 Å². The van der Waals surface area contributed by atoms with Crippen molar-refractivity contribution in [1.82, 2.24) is 0 Å². The summed E-state index contributed by atoms with van der Waals surface area (Å²) < 4.78 is 7.53. The summed E-state index contributed by atoms with van der Waals surface area (Å²) in [7, 11) is 1.69. The fourth-order valence-electron chi connectivity index (χ4n) is 2.78. The number of hydrogen-bond donors (Lipinski definition) is 1. The maximum atomic E-state index is 5.33. The standard InChI is InChI=1S/C17H17Br2NO/c1-21-17-10-12(6-7-16(17)19)20-13-8-11(9-13)14-4-2-3-5-15(14)18/h2-7,10-11,13,20H,8-9H2,1H3. The number of anilines is 1. The van der Waals surface area contributed by atoms with E-state index in [4.69, 9.17) is 4.74 Å². The van der Waals surface area contributed by atoms with E-state index in [1.165, 1.54) is 22.9 Å². The first kappa shape index (κ1) is 14.9. The Kier molecular flexibility index (Phi) is 4.55. The smallest absolute Gasteiger partial charge is 0.135 e. The molecule has 4 heteroatoms. The largest absolute Gasteiger partial charge is 0.495 e. The van der Waals surface area contributed by atoms with Gasteiger partial charge in [-0.15, -0.1) is 0 Å². The summed E-state index contributed by atoms with van der Waals surface area (Å²) in [5.74, 6) is 1.51. The van der Waals surface area contributed by atoms with Gasteiger partial charge in [0.25, 0.3) is 0 Å². The number of benzene rings is 2. The molecule has 0 spiro atoms. The third-order valence-corrected chi connectivity index (χ3v) is 5.38. The Labute approximate surface area is 142 Å². The van der Waals surface area contributed by atoms with Gasteiger partial charge < -0.3 is 10.1 Å². The normalized spacial score (nSPS) is 20.7. The van der Waals surface area contributed by atoms with E-state index in [1.54, 1.807) is 7.11 Å². The van der Waals surface area contributed by atoms with Crippen LogP contribution in [0.5, 0.6) is 5.75 Å². The molecule has 1 fully saturated rings. The quantitative estimate of drug-likeness (QED) is 0.710. The Morgan fingerprint density at radius 3 is 2.52 bits per heavy atom. The summed E-state index contributed by atoms with van der Waals surface area (Å²) >= 11 is 7.12. The van der Waals surface area contributed by atoms with Crippen molar-refractivity contribution in [3.63, 3.8) is 0 Å². The van der Waals surface area contributed by atoms with E-state index >= 15 is 0 Å². The predicted molar refractivity (Wildman–Crippen MR) is 94.2 cm³/mol. The zero-order valence-corrected chi connectivity index (χ0v) is 14.9. The summed E-state index contributed by atoms with van der Waals surface area (Å²) in [5.41, 5.74) is 2.54. The molecule has 2 aromatic rings. The van der Waals surface area contributed by atoms with E-state index < -0.39 is 0 Å². The maximum Gasteiger partial charge on any atom is 0.135 e. The molecule has 0 radical (unpaired) electrons. The zero-order valence-electron chi connectivity index (χ0n) is 11.8. The molecule has 1 N–H and O–H groups in total. The van der Waals surface area contributed by atoms with Gasteiger partial charge in [-0.1, -0.05) is 34.1 Å². The van der Waals surface area contributed by atoms with Crippen LogP contribution in [0, 0.1) is 0 Å². The van der Waals surface area contributed by atoms with Crippen molar-refractivity contribution >= 4 is 37.5 Å². The van der Waals surface area contributed by atoms with Crippen LogP contribution in [0.25, 0.3) is 0 Å². The molecule has 1 aliphatic rings. The molecule has 110 valence electrons. The van der Waals surface area contributed by atoms with Gasteiger partial charge in [0.05, 0.1) is 11.6 Å². The Morgan fingerprint density at radius 2 is 1.81 bits per heavy atom. The molecular weight excluding hydrogens is 394 g/mol. The second-order valence-corrected chi connectivity index (χ2v) is 7.09. The minimum atomic E-state index is 0.535. The van der Waals surface area contributed by atoms with Gasteiger partial charge in [-0.25, -0.2) is 0 Å². The first-order valence-electron chi connectivity index (χ1n) is 7.02. The number of nitrogens with one attached hydrogen (secondary N) is 1. The van der Waals surface area contributed by atoms with Crippen molar-refractivity contribution < 1.29 is 4.74 Å². The lowest BCUT2D eigenvalue weighted by Crippen LogP contribution is -2.34. The number of rotatable bonds is 4. The van der Waals surface area contributed by atoms with Crippen LogP contribution in [-0.4, -0.2) is 13.2 Å². The second kappa shape index (κ2) is 6.41. The summed E-state index contributed by atoms with van der Waals surface area (Å²) in [4.78, 5) is 0. The summed E-state index contributed by atoms with van der Waals surface area (Å²) in [6.07, 6.45) is 2.34. The van der Waals surface area contributed by atoms with Crippen LogP contribution in [0.2, 0.25) is 0 Å². The molecule has 0 aliphatic heterocycles. The van der Waals surface area contributed by atoms with Crippen LogP contribution in [0.15, 0.2) is 51.4 Å². The lowest BCUT2D eigenvalue weighted by molar-refractivity contribution is 0.372. The molecule has 0 amide bonds. The van der Waals surface area contributed by atoms with Gasteiger partial charge in [-0.2, -0.15) is 0 Å². The third kappa shape index (κ3) is 3.27. The minimum Gasteiger partial charge on any atom is -0.495 e. The van der Waals surface area contributed by atoms with Crippen LogP contribution in [-0.2, 0) is 0 Å². The van der Waals surface area contributed by atoms with E-state index in [1.807, 2.05) is 12.1 Å². The third-order valence-electron chi connectivity index (χ3n) is 4.01. The number of ether oxygens (including phenoxy) is 1. The van der Waals surface area contributed by atoms with E-state index in [-0.39, 0.29) is 0 Å². The Morgan fingerprint density at radius 1 is 1.05 bits per heavy atom. The van der Waals surface area contributed by atoms with Crippen molar-refractivity contribution in [2.75, 3.05) is 12.4 Å². The SMILES string of the molecule is COc1cc(NC2CC(c3ccccc3Br)C2)ccc1Br. The van der Waals surface area contributed by atoms with Gasteiger partial charge in [-0.05, 0) is 58.5 Å². The number of hydrogen-bond acceptors (Lipinski definition) is 2. The van der Waals surface area contributed by atoms with E-state index in [9.17, 15) is 0 Å². The lowest BCUT2D eigenvalue weighted by Gasteiger charge is -2.37. The maximum absolute atomic E-state index is 5.33. The first-order chi connectivity index (χ1) is 10.2. The number of methoxy groups -OCH3 is 1. The summed E-state index contributed by atoms with van der Waals surface area (Å²) in [5, 5.41) is 3.58. The molecule has 0 bridgehead atoms. The predicted octanol–water partition coefficient (Wildman–Crippen LogP) is 5.58. The average molecular weight is 411 g/mol. The molecule has 2 nitrogen and oxygen atoms in total. The fraction of sp³-hybridized carbons (Fsp3) is 0.294. The lowest BCUT2D eigenvalue weighted by atomic mass is 9.76. The Bertz CT molecular complexity index is 638. The van der Waals surface area contributed by atoms with Gasteiger partial charge in [0.2, 0.25) is 0 Å². The van der Waals surface area contributed by atoms with Gasteiger partial charge in [0.15, 0.2) is 0 Å². The first-order valence-corrected chi connectivity index (χ1v) is 8.60. The highest BCUT2D eigenvalue weighted by atomic mass is 79.9. The molecule has 21 heavy (non-hydrogen) atoms. The van der Waals surface area contributed by atoms with Crippen molar-refractivity contribution in [3.05, 3.63) is 57.0 Å². The molecule has 0 unspecified atom stereocenters. The number of halogens is 2. The molecule has 2 aromatic carbocycles. The van der Waals surface area contributed by atoms with E-state index in [0.717, 1.165) is 15.9 Å². The zero-order chi connectivity index (χ0) is 14.8. The van der Waals surface area contributed by atoms with Crippen molar-refractivity contribution in [1.29, 1.82) is 0 Å². The highest BCUT2D eigenvalue weighted by Crippen LogP contribution is 2.41. The molecule has 1 aliphatic carbocycles. The van der Waals surface area contributed by atoms with Crippen LogP contribution in [0.3, 0.4) is 0 Å². The van der Waals surface area contributed by atoms with Crippen LogP contribution < -0.4 is 10.1 Å². The molecule has 1 saturated carbocycles. The summed E-state index contributed by atoms with van der Waals surface area (Å²) in [6, 6.07) is 15.2. The minimum absolute atomic E-state index is 0.535. The van der Waals surface area contributed by atoms with Gasteiger partial charge >= 0.3 is 0 Å². The fourth-order valence-corrected chi connectivity index (χ4v) is 3.80. The average Bonchev–Trinajstić information content (AvgIpc) is 2.45. The molecule has 3 rings (SSSR count). The molecule has 0 saturated heterocycles. The van der Waals surface area contributed by atoms with Crippen molar-refractivity contribution in [3.8, 4) is 5.75 Å². The highest BCUT2D eigenvalue weighted by molar-refractivity contribution is 9.10. The topological polar surface area (TPSA) is 21.3 Å². The monoisotopic (exact) mass is 409 g/mol. The molecule has 0 heterocycles. The Hall–Kier alpha value is -1.000. The molecule has 0 aromatic heterocycles. The molecule has 0 atom stereocenters. The van der Waals surface area contributed by atoms with Gasteiger partial charge in [0.1, 0.15) is 5.75 Å². The summed E-state index contributed by atoms with van der Waals surface area (Å²) in [6.45, 7) is 0. The van der Waals surface area contributed by atoms with E-state index in [0.29, 0.717) is 12.0 Å². The highest BCUT2D eigenvalue weighted by Gasteiger charge is 2.31. The van der Waals surface area contributed by atoms with E-state index in [2.05, 4.69) is 67.5 Å². The Balaban J connectivity index is 1.61. The van der Waals surface area contributed by atoms with Crippen molar-refractivity contribution in [2.45, 2.75) is 24.8 Å².